The van der Waals surface area contributed by atoms with Gasteiger partial charge >= 0.3 is 5.97 Å². The molecule has 0 bridgehead atoms. The van der Waals surface area contributed by atoms with E-state index in [1.165, 1.54) is 43.7 Å². The summed E-state index contributed by atoms with van der Waals surface area (Å²) < 4.78 is 19.1. The van der Waals surface area contributed by atoms with Crippen LogP contribution in [0, 0.1) is 11.7 Å². The van der Waals surface area contributed by atoms with Crippen molar-refractivity contribution in [1.29, 1.82) is 0 Å². The SMILES string of the molecule is CCOC(=O)/C=C/c1cnc(N[C@H](CC)C(=O)NCC2CCCCC2)c(F)c1. The molecule has 1 heterocycles. The molecule has 0 radical (unpaired) electrons. The van der Waals surface area contributed by atoms with Gasteiger partial charge in [0.2, 0.25) is 5.91 Å². The van der Waals surface area contributed by atoms with Gasteiger partial charge in [-0.15, -0.1) is 0 Å². The molecule has 2 N–H and O–H groups in total. The zero-order valence-electron chi connectivity index (χ0n) is 16.7. The summed E-state index contributed by atoms with van der Waals surface area (Å²) in [7, 11) is 0. The topological polar surface area (TPSA) is 80.3 Å². The molecule has 1 saturated carbocycles. The first-order valence-electron chi connectivity index (χ1n) is 10.1. The van der Waals surface area contributed by atoms with Gasteiger partial charge in [0.15, 0.2) is 11.6 Å². The highest BCUT2D eigenvalue weighted by atomic mass is 19.1. The zero-order valence-corrected chi connectivity index (χ0v) is 16.7. The lowest BCUT2D eigenvalue weighted by atomic mass is 9.89. The minimum atomic E-state index is -0.579. The molecule has 0 saturated heterocycles. The fourth-order valence-electron chi connectivity index (χ4n) is 3.28. The Kier molecular flexibility index (Phi) is 8.91. The first-order valence-corrected chi connectivity index (χ1v) is 10.1. The van der Waals surface area contributed by atoms with Crippen LogP contribution in [0.15, 0.2) is 18.3 Å². The summed E-state index contributed by atoms with van der Waals surface area (Å²) in [6.07, 6.45) is 10.6. The maximum Gasteiger partial charge on any atom is 0.330 e. The molecule has 0 unspecified atom stereocenters. The second kappa shape index (κ2) is 11.4. The maximum atomic E-state index is 14.4. The molecule has 154 valence electrons. The number of hydrogen-bond acceptors (Lipinski definition) is 5. The van der Waals surface area contributed by atoms with E-state index >= 15 is 0 Å². The van der Waals surface area contributed by atoms with Crippen LogP contribution in [0.25, 0.3) is 6.08 Å². The Morgan fingerprint density at radius 1 is 1.32 bits per heavy atom. The number of rotatable bonds is 9. The normalized spacial score (nSPS) is 16.0. The number of carbonyl (C=O) groups excluding carboxylic acids is 2. The predicted octanol–water partition coefficient (Wildman–Crippen LogP) is 3.68. The summed E-state index contributed by atoms with van der Waals surface area (Å²) in [5, 5.41) is 5.87. The Labute approximate surface area is 165 Å². The standard InChI is InChI=1S/C21H30FN3O3/c1-3-18(21(27)24-13-15-8-6-5-7-9-15)25-20-17(22)12-16(14-23-20)10-11-19(26)28-4-2/h10-12,14-15,18H,3-9,13H2,1-2H3,(H,23,25)(H,24,27)/b11-10+/t18-/m1/s1. The summed E-state index contributed by atoms with van der Waals surface area (Å²) in [5.74, 6) is -0.653. The van der Waals surface area contributed by atoms with Crippen LogP contribution in [-0.2, 0) is 14.3 Å². The molecule has 0 aliphatic heterocycles. The molecule has 1 aliphatic carbocycles. The molecule has 6 nitrogen and oxygen atoms in total. The van der Waals surface area contributed by atoms with E-state index in [2.05, 4.69) is 15.6 Å². The largest absolute Gasteiger partial charge is 0.463 e. The van der Waals surface area contributed by atoms with Crippen LogP contribution in [0.5, 0.6) is 0 Å². The molecule has 1 aromatic heterocycles. The van der Waals surface area contributed by atoms with Crippen LogP contribution >= 0.6 is 0 Å². The van der Waals surface area contributed by atoms with Gasteiger partial charge in [-0.05, 0) is 49.8 Å². The number of anilines is 1. The third kappa shape index (κ3) is 6.94. The second-order valence-corrected chi connectivity index (χ2v) is 7.04. The fourth-order valence-corrected chi connectivity index (χ4v) is 3.28. The lowest BCUT2D eigenvalue weighted by Gasteiger charge is -2.23. The highest BCUT2D eigenvalue weighted by Crippen LogP contribution is 2.23. The van der Waals surface area contributed by atoms with Gasteiger partial charge < -0.3 is 15.4 Å². The molecule has 1 aliphatic rings. The zero-order chi connectivity index (χ0) is 20.4. The lowest BCUT2D eigenvalue weighted by Crippen LogP contribution is -2.41. The summed E-state index contributed by atoms with van der Waals surface area (Å²) in [5.41, 5.74) is 0.436. The van der Waals surface area contributed by atoms with Crippen molar-refractivity contribution in [3.63, 3.8) is 0 Å². The highest BCUT2D eigenvalue weighted by Gasteiger charge is 2.20. The van der Waals surface area contributed by atoms with E-state index in [1.54, 1.807) is 6.92 Å². The van der Waals surface area contributed by atoms with Gasteiger partial charge in [0, 0.05) is 18.8 Å². The van der Waals surface area contributed by atoms with Crippen molar-refractivity contribution in [2.75, 3.05) is 18.5 Å². The van der Waals surface area contributed by atoms with E-state index in [9.17, 15) is 14.0 Å². The van der Waals surface area contributed by atoms with E-state index in [0.29, 0.717) is 24.4 Å². The number of halogens is 1. The van der Waals surface area contributed by atoms with Crippen molar-refractivity contribution in [2.45, 2.75) is 58.4 Å². The Balaban J connectivity index is 1.92. The predicted molar refractivity (Wildman–Crippen MR) is 107 cm³/mol. The molecule has 1 amide bonds. The van der Waals surface area contributed by atoms with Crippen LogP contribution in [0.1, 0.15) is 57.9 Å². The Hall–Kier alpha value is -2.44. The van der Waals surface area contributed by atoms with Crippen LogP contribution in [0.3, 0.4) is 0 Å². The van der Waals surface area contributed by atoms with E-state index in [4.69, 9.17) is 4.74 Å². The average Bonchev–Trinajstić information content (AvgIpc) is 2.71. The number of esters is 1. The number of hydrogen-bond donors (Lipinski definition) is 2. The molecule has 1 atom stereocenters. The molecular formula is C21H30FN3O3. The number of aromatic nitrogens is 1. The van der Waals surface area contributed by atoms with Crippen molar-refractivity contribution in [1.82, 2.24) is 10.3 Å². The number of amides is 1. The molecule has 7 heteroatoms. The molecule has 28 heavy (non-hydrogen) atoms. The first kappa shape index (κ1) is 21.9. The van der Waals surface area contributed by atoms with Gasteiger partial charge in [-0.25, -0.2) is 14.2 Å². The summed E-state index contributed by atoms with van der Waals surface area (Å²) in [6.45, 7) is 4.53. The second-order valence-electron chi connectivity index (χ2n) is 7.04. The Bertz CT molecular complexity index is 687. The van der Waals surface area contributed by atoms with E-state index in [0.717, 1.165) is 12.8 Å². The monoisotopic (exact) mass is 391 g/mol. The minimum Gasteiger partial charge on any atom is -0.463 e. The van der Waals surface area contributed by atoms with Gasteiger partial charge in [0.05, 0.1) is 6.61 Å². The molecule has 1 fully saturated rings. The number of nitrogens with zero attached hydrogens (tertiary/aromatic N) is 1. The summed E-state index contributed by atoms with van der Waals surface area (Å²) in [4.78, 5) is 27.8. The molecular weight excluding hydrogens is 361 g/mol. The number of nitrogens with one attached hydrogen (secondary N) is 2. The first-order chi connectivity index (χ1) is 13.5. The van der Waals surface area contributed by atoms with Crippen molar-refractivity contribution in [3.05, 3.63) is 29.7 Å². The number of pyridine rings is 1. The smallest absolute Gasteiger partial charge is 0.330 e. The lowest BCUT2D eigenvalue weighted by molar-refractivity contribution is -0.137. The quantitative estimate of drug-likeness (QED) is 0.496. The molecule has 1 aromatic rings. The van der Waals surface area contributed by atoms with E-state index < -0.39 is 17.8 Å². The van der Waals surface area contributed by atoms with Gasteiger partial charge in [0.1, 0.15) is 6.04 Å². The van der Waals surface area contributed by atoms with Crippen LogP contribution in [-0.4, -0.2) is 36.1 Å². The van der Waals surface area contributed by atoms with Crippen LogP contribution in [0.2, 0.25) is 0 Å². The van der Waals surface area contributed by atoms with Crippen molar-refractivity contribution in [3.8, 4) is 0 Å². The van der Waals surface area contributed by atoms with E-state index in [1.807, 2.05) is 6.92 Å². The molecule has 0 spiro atoms. The Morgan fingerprint density at radius 3 is 2.71 bits per heavy atom. The number of carbonyl (C=O) groups is 2. The van der Waals surface area contributed by atoms with Crippen LogP contribution < -0.4 is 10.6 Å². The summed E-state index contributed by atoms with van der Waals surface area (Å²) >= 11 is 0. The number of ether oxygens (including phenoxy) is 1. The molecule has 0 aromatic carbocycles. The van der Waals surface area contributed by atoms with Gasteiger partial charge in [-0.1, -0.05) is 26.2 Å². The third-order valence-electron chi connectivity index (χ3n) is 4.89. The van der Waals surface area contributed by atoms with Crippen molar-refractivity contribution < 1.29 is 18.7 Å². The third-order valence-corrected chi connectivity index (χ3v) is 4.89. The highest BCUT2D eigenvalue weighted by molar-refractivity contribution is 5.87. The van der Waals surface area contributed by atoms with Crippen molar-refractivity contribution >= 4 is 23.8 Å². The van der Waals surface area contributed by atoms with Crippen molar-refractivity contribution in [2.24, 2.45) is 5.92 Å². The summed E-state index contributed by atoms with van der Waals surface area (Å²) in [6, 6.07) is 0.712. The fraction of sp³-hybridized carbons (Fsp3) is 0.571. The van der Waals surface area contributed by atoms with Gasteiger partial charge in [0.25, 0.3) is 0 Å². The van der Waals surface area contributed by atoms with Gasteiger partial charge in [-0.2, -0.15) is 0 Å². The molecule has 2 rings (SSSR count). The maximum absolute atomic E-state index is 14.4. The minimum absolute atomic E-state index is 0.0213. The average molecular weight is 391 g/mol. The van der Waals surface area contributed by atoms with Gasteiger partial charge in [-0.3, -0.25) is 4.79 Å². The van der Waals surface area contributed by atoms with Crippen LogP contribution in [0.4, 0.5) is 10.2 Å². The Morgan fingerprint density at radius 2 is 2.07 bits per heavy atom. The van der Waals surface area contributed by atoms with E-state index in [-0.39, 0.29) is 18.3 Å².